The fourth-order valence-corrected chi connectivity index (χ4v) is 3.47. The van der Waals surface area contributed by atoms with E-state index in [4.69, 9.17) is 4.74 Å². The van der Waals surface area contributed by atoms with Gasteiger partial charge >= 0.3 is 6.03 Å². The summed E-state index contributed by atoms with van der Waals surface area (Å²) >= 11 is 0. The second kappa shape index (κ2) is 10.2. The number of piperidine rings is 1. The third kappa shape index (κ3) is 5.88. The number of unbranched alkanes of at least 4 members (excludes halogenated alkanes) is 1. The molecule has 1 atom stereocenters. The highest BCUT2D eigenvalue weighted by molar-refractivity contribution is 5.80. The van der Waals surface area contributed by atoms with Gasteiger partial charge in [-0.25, -0.2) is 4.79 Å². The molecule has 1 unspecified atom stereocenters. The van der Waals surface area contributed by atoms with Crippen molar-refractivity contribution in [3.63, 3.8) is 0 Å². The number of benzene rings is 1. The average molecular weight is 376 g/mol. The molecule has 1 heterocycles. The third-order valence-electron chi connectivity index (χ3n) is 5.20. The first-order valence-electron chi connectivity index (χ1n) is 9.86. The zero-order valence-corrected chi connectivity index (χ0v) is 17.0. The summed E-state index contributed by atoms with van der Waals surface area (Å²) in [4.78, 5) is 28.3. The number of rotatable bonds is 7. The normalized spacial score (nSPS) is 15.9. The largest absolute Gasteiger partial charge is 0.497 e. The number of nitrogens with one attached hydrogen (secondary N) is 1. The topological polar surface area (TPSA) is 61.9 Å². The SMILES string of the molecule is CCCCC(NC(=O)C1CCN(C(=O)N(C)C)CC1)c1ccc(OC)cc1. The number of urea groups is 1. The maximum Gasteiger partial charge on any atom is 0.319 e. The average Bonchev–Trinajstić information content (AvgIpc) is 2.70. The number of ether oxygens (including phenoxy) is 1. The lowest BCUT2D eigenvalue weighted by atomic mass is 9.94. The first kappa shape index (κ1) is 21.1. The highest BCUT2D eigenvalue weighted by Crippen LogP contribution is 2.25. The summed E-state index contributed by atoms with van der Waals surface area (Å²) in [5, 5.41) is 3.25. The van der Waals surface area contributed by atoms with Crippen molar-refractivity contribution in [2.24, 2.45) is 5.92 Å². The van der Waals surface area contributed by atoms with E-state index in [9.17, 15) is 9.59 Å². The van der Waals surface area contributed by atoms with Crippen LogP contribution in [0.25, 0.3) is 0 Å². The van der Waals surface area contributed by atoms with Crippen molar-refractivity contribution in [1.29, 1.82) is 0 Å². The van der Waals surface area contributed by atoms with Crippen LogP contribution in [-0.4, -0.2) is 56.0 Å². The van der Waals surface area contributed by atoms with E-state index >= 15 is 0 Å². The van der Waals surface area contributed by atoms with Gasteiger partial charge in [-0.05, 0) is 37.0 Å². The van der Waals surface area contributed by atoms with E-state index in [0.717, 1.165) is 30.6 Å². The monoisotopic (exact) mass is 375 g/mol. The zero-order valence-electron chi connectivity index (χ0n) is 17.0. The van der Waals surface area contributed by atoms with Crippen LogP contribution >= 0.6 is 0 Å². The number of amides is 3. The van der Waals surface area contributed by atoms with Gasteiger partial charge < -0.3 is 19.9 Å². The standard InChI is InChI=1S/C21H33N3O3/c1-5-6-7-19(16-8-10-18(27-4)11-9-16)22-20(25)17-12-14-24(15-13-17)21(26)23(2)3/h8-11,17,19H,5-7,12-15H2,1-4H3,(H,22,25). The number of hydrogen-bond donors (Lipinski definition) is 1. The van der Waals surface area contributed by atoms with Crippen molar-refractivity contribution in [2.75, 3.05) is 34.3 Å². The summed E-state index contributed by atoms with van der Waals surface area (Å²) in [6, 6.07) is 7.96. The van der Waals surface area contributed by atoms with Crippen molar-refractivity contribution < 1.29 is 14.3 Å². The van der Waals surface area contributed by atoms with E-state index in [1.165, 1.54) is 0 Å². The number of hydrogen-bond acceptors (Lipinski definition) is 3. The van der Waals surface area contributed by atoms with Crippen LogP contribution in [0, 0.1) is 5.92 Å². The second-order valence-corrected chi connectivity index (χ2v) is 7.41. The Bertz CT molecular complexity index is 608. The minimum absolute atomic E-state index is 0.0183. The zero-order chi connectivity index (χ0) is 19.8. The number of carbonyl (C=O) groups is 2. The Labute approximate surface area is 162 Å². The molecular formula is C21H33N3O3. The lowest BCUT2D eigenvalue weighted by Gasteiger charge is -2.33. The van der Waals surface area contributed by atoms with Gasteiger partial charge in [0.2, 0.25) is 5.91 Å². The number of methoxy groups -OCH3 is 1. The number of carbonyl (C=O) groups excluding carboxylic acids is 2. The fourth-order valence-electron chi connectivity index (χ4n) is 3.47. The minimum Gasteiger partial charge on any atom is -0.497 e. The summed E-state index contributed by atoms with van der Waals surface area (Å²) < 4.78 is 5.23. The van der Waals surface area contributed by atoms with Crippen LogP contribution in [-0.2, 0) is 4.79 Å². The Hall–Kier alpha value is -2.24. The predicted octanol–water partition coefficient (Wildman–Crippen LogP) is 3.44. The molecule has 2 rings (SSSR count). The quantitative estimate of drug-likeness (QED) is 0.794. The smallest absolute Gasteiger partial charge is 0.319 e. The molecule has 0 bridgehead atoms. The molecule has 1 aliphatic rings. The molecule has 1 N–H and O–H groups in total. The van der Waals surface area contributed by atoms with E-state index in [-0.39, 0.29) is 23.9 Å². The first-order chi connectivity index (χ1) is 13.0. The summed E-state index contributed by atoms with van der Waals surface area (Å²) in [5.74, 6) is 0.889. The lowest BCUT2D eigenvalue weighted by Crippen LogP contribution is -2.46. The van der Waals surface area contributed by atoms with Crippen molar-refractivity contribution in [3.8, 4) is 5.75 Å². The fraction of sp³-hybridized carbons (Fsp3) is 0.619. The van der Waals surface area contributed by atoms with Gasteiger partial charge in [-0.3, -0.25) is 4.79 Å². The van der Waals surface area contributed by atoms with Crippen LogP contribution in [0.5, 0.6) is 5.75 Å². The van der Waals surface area contributed by atoms with E-state index in [0.29, 0.717) is 25.9 Å². The van der Waals surface area contributed by atoms with Gasteiger partial charge in [0, 0.05) is 33.1 Å². The Kier molecular flexibility index (Phi) is 7.95. The molecule has 1 aromatic rings. The second-order valence-electron chi connectivity index (χ2n) is 7.41. The Morgan fingerprint density at radius 1 is 1.22 bits per heavy atom. The van der Waals surface area contributed by atoms with Gasteiger partial charge in [0.05, 0.1) is 13.2 Å². The Morgan fingerprint density at radius 3 is 2.37 bits per heavy atom. The summed E-state index contributed by atoms with van der Waals surface area (Å²) in [7, 11) is 5.17. The molecule has 0 radical (unpaired) electrons. The molecule has 0 aromatic heterocycles. The molecule has 6 nitrogen and oxygen atoms in total. The lowest BCUT2D eigenvalue weighted by molar-refractivity contribution is -0.127. The van der Waals surface area contributed by atoms with Crippen LogP contribution in [0.2, 0.25) is 0 Å². The van der Waals surface area contributed by atoms with Crippen LogP contribution in [0.3, 0.4) is 0 Å². The summed E-state index contributed by atoms with van der Waals surface area (Å²) in [5.41, 5.74) is 1.11. The van der Waals surface area contributed by atoms with E-state index in [1.54, 1.807) is 26.1 Å². The van der Waals surface area contributed by atoms with Gasteiger partial charge in [0.15, 0.2) is 0 Å². The molecule has 6 heteroatoms. The summed E-state index contributed by atoms with van der Waals surface area (Å²) in [6.07, 6.45) is 4.51. The van der Waals surface area contributed by atoms with E-state index in [1.807, 2.05) is 29.2 Å². The number of likely N-dealkylation sites (tertiary alicyclic amines) is 1. The third-order valence-corrected chi connectivity index (χ3v) is 5.20. The molecule has 27 heavy (non-hydrogen) atoms. The van der Waals surface area contributed by atoms with Crippen molar-refractivity contribution in [3.05, 3.63) is 29.8 Å². The molecule has 0 spiro atoms. The summed E-state index contributed by atoms with van der Waals surface area (Å²) in [6.45, 7) is 3.43. The predicted molar refractivity (Wildman–Crippen MR) is 107 cm³/mol. The molecule has 1 fully saturated rings. The maximum absolute atomic E-state index is 12.8. The maximum atomic E-state index is 12.8. The van der Waals surface area contributed by atoms with Crippen LogP contribution in [0.4, 0.5) is 4.79 Å². The molecule has 1 saturated heterocycles. The van der Waals surface area contributed by atoms with Crippen LogP contribution in [0.1, 0.15) is 50.6 Å². The molecule has 0 aliphatic carbocycles. The van der Waals surface area contributed by atoms with Crippen molar-refractivity contribution >= 4 is 11.9 Å². The van der Waals surface area contributed by atoms with Crippen molar-refractivity contribution in [2.45, 2.75) is 45.1 Å². The van der Waals surface area contributed by atoms with Crippen molar-refractivity contribution in [1.82, 2.24) is 15.1 Å². The van der Waals surface area contributed by atoms with Gasteiger partial charge in [0.1, 0.15) is 5.75 Å². The van der Waals surface area contributed by atoms with Crippen LogP contribution < -0.4 is 10.1 Å². The van der Waals surface area contributed by atoms with Gasteiger partial charge in [0.25, 0.3) is 0 Å². The molecule has 3 amide bonds. The molecule has 1 aliphatic heterocycles. The Balaban J connectivity index is 1.96. The molecule has 1 aromatic carbocycles. The van der Waals surface area contributed by atoms with E-state index < -0.39 is 0 Å². The minimum atomic E-state index is -0.0291. The first-order valence-corrected chi connectivity index (χ1v) is 9.86. The highest BCUT2D eigenvalue weighted by Gasteiger charge is 2.29. The van der Waals surface area contributed by atoms with Crippen LogP contribution in [0.15, 0.2) is 24.3 Å². The molecule has 0 saturated carbocycles. The van der Waals surface area contributed by atoms with Gasteiger partial charge in [-0.2, -0.15) is 0 Å². The van der Waals surface area contributed by atoms with Gasteiger partial charge in [-0.1, -0.05) is 31.9 Å². The number of nitrogens with zero attached hydrogens (tertiary/aromatic N) is 2. The van der Waals surface area contributed by atoms with E-state index in [2.05, 4.69) is 12.2 Å². The molecular weight excluding hydrogens is 342 g/mol. The van der Waals surface area contributed by atoms with Gasteiger partial charge in [-0.15, -0.1) is 0 Å². The molecule has 150 valence electrons. The highest BCUT2D eigenvalue weighted by atomic mass is 16.5. The Morgan fingerprint density at radius 2 is 1.85 bits per heavy atom.